The number of para-hydroxylation sites is 1. The van der Waals surface area contributed by atoms with Gasteiger partial charge in [-0.1, -0.05) is 24.3 Å². The smallest absolute Gasteiger partial charge is 0.335 e. The van der Waals surface area contributed by atoms with Crippen molar-refractivity contribution in [3.05, 3.63) is 65.9 Å². The monoisotopic (exact) mass is 395 g/mol. The summed E-state index contributed by atoms with van der Waals surface area (Å²) in [7, 11) is 0. The van der Waals surface area contributed by atoms with E-state index in [2.05, 4.69) is 4.98 Å². The Kier molecular flexibility index (Phi) is 6.63. The van der Waals surface area contributed by atoms with Gasteiger partial charge in [0.2, 0.25) is 0 Å². The maximum absolute atomic E-state index is 11.4. The van der Waals surface area contributed by atoms with Crippen molar-refractivity contribution >= 4 is 22.8 Å². The van der Waals surface area contributed by atoms with E-state index in [0.29, 0.717) is 30.9 Å². The second-order valence-electron chi connectivity index (χ2n) is 6.48. The van der Waals surface area contributed by atoms with Gasteiger partial charge < -0.3 is 19.7 Å². The van der Waals surface area contributed by atoms with Crippen LogP contribution in [0.2, 0.25) is 0 Å². The van der Waals surface area contributed by atoms with Gasteiger partial charge >= 0.3 is 11.9 Å². The maximum Gasteiger partial charge on any atom is 0.335 e. The fraction of sp³-hybridized carbons (Fsp3) is 0.227. The second-order valence-corrected chi connectivity index (χ2v) is 6.48. The summed E-state index contributed by atoms with van der Waals surface area (Å²) in [4.78, 5) is 26.5. The van der Waals surface area contributed by atoms with Crippen LogP contribution in [0.15, 0.2) is 54.6 Å². The molecule has 0 fully saturated rings. The van der Waals surface area contributed by atoms with Crippen LogP contribution in [0.25, 0.3) is 10.9 Å². The Morgan fingerprint density at radius 3 is 2.41 bits per heavy atom. The molecule has 0 aliphatic heterocycles. The van der Waals surface area contributed by atoms with E-state index in [1.807, 2.05) is 36.4 Å². The largest absolute Gasteiger partial charge is 0.493 e. The number of rotatable bonds is 10. The predicted octanol–water partition coefficient (Wildman–Crippen LogP) is 4.15. The molecular formula is C22H21NO6. The highest BCUT2D eigenvalue weighted by atomic mass is 16.5. The third kappa shape index (κ3) is 5.93. The highest BCUT2D eigenvalue weighted by molar-refractivity contribution is 5.88. The average Bonchev–Trinajstić information content (AvgIpc) is 2.71. The van der Waals surface area contributed by atoms with Gasteiger partial charge in [0.25, 0.3) is 0 Å². The zero-order valence-corrected chi connectivity index (χ0v) is 15.7. The second kappa shape index (κ2) is 9.54. The van der Waals surface area contributed by atoms with E-state index >= 15 is 0 Å². The number of nitrogens with zero attached hydrogens (tertiary/aromatic N) is 1. The lowest BCUT2D eigenvalue weighted by atomic mass is 10.2. The Bertz CT molecular complexity index is 1020. The van der Waals surface area contributed by atoms with Crippen LogP contribution < -0.4 is 9.47 Å². The van der Waals surface area contributed by atoms with Crippen LogP contribution in [0.4, 0.5) is 0 Å². The van der Waals surface area contributed by atoms with Crippen molar-refractivity contribution in [2.75, 3.05) is 6.61 Å². The summed E-state index contributed by atoms with van der Waals surface area (Å²) in [5.41, 5.74) is 1.63. The Labute approximate surface area is 167 Å². The topological polar surface area (TPSA) is 106 Å². The van der Waals surface area contributed by atoms with Gasteiger partial charge in [0, 0.05) is 17.9 Å². The van der Waals surface area contributed by atoms with Crippen molar-refractivity contribution in [2.45, 2.75) is 25.9 Å². The number of aliphatic carboxylic acids is 1. The summed E-state index contributed by atoms with van der Waals surface area (Å²) in [5, 5.41) is 19.0. The summed E-state index contributed by atoms with van der Waals surface area (Å²) >= 11 is 0. The molecule has 0 aliphatic rings. The first kappa shape index (κ1) is 20.1. The summed E-state index contributed by atoms with van der Waals surface area (Å²) in [6, 6.07) is 16.0. The number of ether oxygens (including phenoxy) is 2. The molecule has 150 valence electrons. The van der Waals surface area contributed by atoms with Crippen LogP contribution in [0, 0.1) is 0 Å². The third-order valence-electron chi connectivity index (χ3n) is 4.22. The first-order chi connectivity index (χ1) is 14.0. The number of hydrogen-bond donors (Lipinski definition) is 2. The normalized spacial score (nSPS) is 10.6. The zero-order valence-electron chi connectivity index (χ0n) is 15.7. The van der Waals surface area contributed by atoms with Gasteiger partial charge in [0.15, 0.2) is 0 Å². The zero-order chi connectivity index (χ0) is 20.6. The van der Waals surface area contributed by atoms with Crippen molar-refractivity contribution in [2.24, 2.45) is 0 Å². The van der Waals surface area contributed by atoms with Crippen molar-refractivity contribution in [3.63, 3.8) is 0 Å². The quantitative estimate of drug-likeness (QED) is 0.497. The highest BCUT2D eigenvalue weighted by Gasteiger charge is 2.10. The van der Waals surface area contributed by atoms with E-state index in [9.17, 15) is 14.7 Å². The number of pyridine rings is 1. The molecule has 2 N–H and O–H groups in total. The highest BCUT2D eigenvalue weighted by Crippen LogP contribution is 2.24. The van der Waals surface area contributed by atoms with Gasteiger partial charge in [-0.25, -0.2) is 9.78 Å². The summed E-state index contributed by atoms with van der Waals surface area (Å²) in [6.07, 6.45) is 1.12. The minimum atomic E-state index is -1.09. The number of carboxylic acids is 2. The minimum Gasteiger partial charge on any atom is -0.493 e. The lowest BCUT2D eigenvalue weighted by Gasteiger charge is -2.11. The van der Waals surface area contributed by atoms with Gasteiger partial charge in [-0.15, -0.1) is 0 Å². The Balaban J connectivity index is 1.66. The molecule has 1 aromatic heterocycles. The summed E-state index contributed by atoms with van der Waals surface area (Å²) in [5.74, 6) is -1.21. The number of aromatic carboxylic acids is 1. The number of benzene rings is 2. The molecule has 1 heterocycles. The summed E-state index contributed by atoms with van der Waals surface area (Å²) < 4.78 is 11.3. The Morgan fingerprint density at radius 2 is 1.66 bits per heavy atom. The molecule has 0 unspecified atom stereocenters. The van der Waals surface area contributed by atoms with Crippen LogP contribution in [0.1, 0.15) is 35.3 Å². The number of hydrogen-bond acceptors (Lipinski definition) is 5. The van der Waals surface area contributed by atoms with Gasteiger partial charge in [-0.05, 0) is 37.1 Å². The van der Waals surface area contributed by atoms with Gasteiger partial charge in [-0.3, -0.25) is 4.79 Å². The number of aromatic nitrogens is 1. The molecule has 0 aliphatic carbocycles. The average molecular weight is 395 g/mol. The maximum atomic E-state index is 11.4. The molecular weight excluding hydrogens is 374 g/mol. The van der Waals surface area contributed by atoms with Crippen molar-refractivity contribution in [1.29, 1.82) is 0 Å². The van der Waals surface area contributed by atoms with Crippen LogP contribution in [-0.2, 0) is 11.4 Å². The van der Waals surface area contributed by atoms with Crippen LogP contribution in [0.3, 0.4) is 0 Å². The lowest BCUT2D eigenvalue weighted by Crippen LogP contribution is -2.04. The molecule has 0 amide bonds. The SMILES string of the molecule is O=C(O)CCCCOc1cc(OCc2ccc3ccccc3n2)cc(C(=O)O)c1. The fourth-order valence-corrected chi connectivity index (χ4v) is 2.78. The third-order valence-corrected chi connectivity index (χ3v) is 4.22. The summed E-state index contributed by atoms with van der Waals surface area (Å²) in [6.45, 7) is 0.480. The molecule has 0 saturated heterocycles. The molecule has 2 aromatic carbocycles. The van der Waals surface area contributed by atoms with E-state index in [1.165, 1.54) is 12.1 Å². The van der Waals surface area contributed by atoms with E-state index in [4.69, 9.17) is 14.6 Å². The van der Waals surface area contributed by atoms with Crippen LogP contribution in [-0.4, -0.2) is 33.7 Å². The first-order valence-electron chi connectivity index (χ1n) is 9.22. The molecule has 3 aromatic rings. The molecule has 7 heteroatoms. The Hall–Kier alpha value is -3.61. The first-order valence-corrected chi connectivity index (χ1v) is 9.22. The lowest BCUT2D eigenvalue weighted by molar-refractivity contribution is -0.137. The van der Waals surface area contributed by atoms with Crippen molar-refractivity contribution < 1.29 is 29.3 Å². The molecule has 29 heavy (non-hydrogen) atoms. The number of fused-ring (bicyclic) bond motifs is 1. The molecule has 0 bridgehead atoms. The van der Waals surface area contributed by atoms with E-state index in [1.54, 1.807) is 6.07 Å². The number of carbonyl (C=O) groups is 2. The van der Waals surface area contributed by atoms with Gasteiger partial charge in [-0.2, -0.15) is 0 Å². The molecule has 0 spiro atoms. The van der Waals surface area contributed by atoms with Crippen molar-refractivity contribution in [3.8, 4) is 11.5 Å². The standard InChI is InChI=1S/C22H21NO6/c24-21(25)7-3-4-10-28-18-11-16(22(26)27)12-19(13-18)29-14-17-9-8-15-5-1-2-6-20(15)23-17/h1-2,5-6,8-9,11-13H,3-4,7,10,14H2,(H,24,25)(H,26,27). The molecule has 0 atom stereocenters. The van der Waals surface area contributed by atoms with E-state index in [-0.39, 0.29) is 18.6 Å². The predicted molar refractivity (Wildman–Crippen MR) is 106 cm³/mol. The fourth-order valence-electron chi connectivity index (χ4n) is 2.78. The van der Waals surface area contributed by atoms with E-state index in [0.717, 1.165) is 16.6 Å². The van der Waals surface area contributed by atoms with Crippen LogP contribution >= 0.6 is 0 Å². The number of carboxylic acid groups (broad SMARTS) is 2. The molecule has 0 saturated carbocycles. The van der Waals surface area contributed by atoms with Crippen LogP contribution in [0.5, 0.6) is 11.5 Å². The Morgan fingerprint density at radius 1 is 0.897 bits per heavy atom. The van der Waals surface area contributed by atoms with Gasteiger partial charge in [0.1, 0.15) is 18.1 Å². The van der Waals surface area contributed by atoms with Crippen molar-refractivity contribution in [1.82, 2.24) is 4.98 Å². The van der Waals surface area contributed by atoms with Gasteiger partial charge in [0.05, 0.1) is 23.4 Å². The molecule has 0 radical (unpaired) electrons. The van der Waals surface area contributed by atoms with E-state index < -0.39 is 11.9 Å². The minimum absolute atomic E-state index is 0.0505. The molecule has 3 rings (SSSR count). The number of unbranched alkanes of at least 4 members (excludes halogenated alkanes) is 1. The molecule has 7 nitrogen and oxygen atoms in total.